The van der Waals surface area contributed by atoms with Gasteiger partial charge in [-0.05, 0) is 32.6 Å². The number of likely N-dealkylation sites (N-methyl/N-ethyl adjacent to an activating group) is 1. The Kier molecular flexibility index (Phi) is 4.19. The van der Waals surface area contributed by atoms with Crippen LogP contribution in [0.15, 0.2) is 36.7 Å². The fraction of sp³-hybridized carbons (Fsp3) is 0.412. The van der Waals surface area contributed by atoms with Crippen LogP contribution in [0.25, 0.3) is 11.4 Å². The van der Waals surface area contributed by atoms with Gasteiger partial charge in [0.25, 0.3) is 5.91 Å². The van der Waals surface area contributed by atoms with Gasteiger partial charge in [0, 0.05) is 36.6 Å². The highest BCUT2D eigenvalue weighted by atomic mass is 16.3. The molecule has 1 atom stereocenters. The molecule has 0 bridgehead atoms. The molecule has 1 aliphatic heterocycles. The second-order valence-corrected chi connectivity index (χ2v) is 6.46. The lowest BCUT2D eigenvalue weighted by Crippen LogP contribution is -2.43. The molecule has 3 rings (SSSR count). The first-order valence-electron chi connectivity index (χ1n) is 7.73. The van der Waals surface area contributed by atoms with E-state index in [1.165, 1.54) is 0 Å². The average Bonchev–Trinajstić information content (AvgIpc) is 3.16. The molecule has 0 radical (unpaired) electrons. The van der Waals surface area contributed by atoms with Crippen LogP contribution in [0.4, 0.5) is 0 Å². The quantitative estimate of drug-likeness (QED) is 0.890. The minimum Gasteiger partial charge on any atom is -0.387 e. The molecule has 0 spiro atoms. The van der Waals surface area contributed by atoms with E-state index in [1.54, 1.807) is 23.4 Å². The van der Waals surface area contributed by atoms with Gasteiger partial charge in [-0.3, -0.25) is 4.79 Å². The Morgan fingerprint density at radius 3 is 3.00 bits per heavy atom. The first-order chi connectivity index (χ1) is 11.0. The van der Waals surface area contributed by atoms with Gasteiger partial charge >= 0.3 is 0 Å². The zero-order valence-electron chi connectivity index (χ0n) is 13.5. The van der Waals surface area contributed by atoms with E-state index in [9.17, 15) is 9.90 Å². The minimum atomic E-state index is -0.822. The smallest absolute Gasteiger partial charge is 0.253 e. The van der Waals surface area contributed by atoms with Crippen molar-refractivity contribution in [1.82, 2.24) is 19.8 Å². The van der Waals surface area contributed by atoms with Crippen molar-refractivity contribution in [2.24, 2.45) is 0 Å². The van der Waals surface area contributed by atoms with Gasteiger partial charge in [0.05, 0.1) is 12.1 Å². The summed E-state index contributed by atoms with van der Waals surface area (Å²) in [5.41, 5.74) is 0.675. The topological polar surface area (TPSA) is 72.5 Å². The van der Waals surface area contributed by atoms with Gasteiger partial charge < -0.3 is 19.9 Å². The molecule has 2 heterocycles. The van der Waals surface area contributed by atoms with Crippen LogP contribution in [-0.4, -0.2) is 70.1 Å². The number of rotatable bonds is 4. The monoisotopic (exact) mass is 314 g/mol. The third-order valence-electron chi connectivity index (χ3n) is 4.11. The third kappa shape index (κ3) is 3.43. The van der Waals surface area contributed by atoms with Gasteiger partial charge in [-0.15, -0.1) is 0 Å². The molecule has 0 saturated carbocycles. The number of aliphatic hydroxyl groups is 1. The van der Waals surface area contributed by atoms with Gasteiger partial charge in [-0.2, -0.15) is 0 Å². The summed E-state index contributed by atoms with van der Waals surface area (Å²) in [4.78, 5) is 23.6. The summed E-state index contributed by atoms with van der Waals surface area (Å²) >= 11 is 0. The number of aromatic amines is 1. The van der Waals surface area contributed by atoms with E-state index in [4.69, 9.17) is 0 Å². The fourth-order valence-electron chi connectivity index (χ4n) is 3.15. The number of hydrogen-bond donors (Lipinski definition) is 2. The molecule has 1 fully saturated rings. The van der Waals surface area contributed by atoms with Crippen LogP contribution in [0.5, 0.6) is 0 Å². The van der Waals surface area contributed by atoms with E-state index in [0.717, 1.165) is 11.4 Å². The maximum Gasteiger partial charge on any atom is 0.253 e. The minimum absolute atomic E-state index is 0.0481. The van der Waals surface area contributed by atoms with Gasteiger partial charge in [-0.1, -0.05) is 12.1 Å². The lowest BCUT2D eigenvalue weighted by Gasteiger charge is -2.26. The normalized spacial score (nSPS) is 21.1. The largest absolute Gasteiger partial charge is 0.387 e. The molecular formula is C17H22N4O2. The SMILES string of the molecule is CN(C)C[C@@]1(O)CCN(C(=O)c2cccc(-c3ncc[nH]3)c2)C1. The Morgan fingerprint density at radius 1 is 1.48 bits per heavy atom. The molecule has 6 nitrogen and oxygen atoms in total. The number of nitrogens with one attached hydrogen (secondary N) is 1. The zero-order chi connectivity index (χ0) is 16.4. The van der Waals surface area contributed by atoms with Crippen molar-refractivity contribution in [3.8, 4) is 11.4 Å². The molecule has 1 aliphatic rings. The van der Waals surface area contributed by atoms with Gasteiger partial charge in [0.2, 0.25) is 0 Å². The highest BCUT2D eigenvalue weighted by molar-refractivity contribution is 5.95. The number of amides is 1. The van der Waals surface area contributed by atoms with E-state index in [1.807, 2.05) is 37.2 Å². The van der Waals surface area contributed by atoms with Crippen molar-refractivity contribution in [1.29, 1.82) is 0 Å². The van der Waals surface area contributed by atoms with Crippen LogP contribution in [0, 0.1) is 0 Å². The van der Waals surface area contributed by atoms with E-state index in [2.05, 4.69) is 9.97 Å². The summed E-state index contributed by atoms with van der Waals surface area (Å²) in [7, 11) is 3.85. The van der Waals surface area contributed by atoms with Gasteiger partial charge in [0.15, 0.2) is 0 Å². The Labute approximate surface area is 135 Å². The van der Waals surface area contributed by atoms with Crippen molar-refractivity contribution >= 4 is 5.91 Å². The highest BCUT2D eigenvalue weighted by Gasteiger charge is 2.38. The van der Waals surface area contributed by atoms with Gasteiger partial charge in [0.1, 0.15) is 5.82 Å². The molecule has 2 aromatic rings. The Balaban J connectivity index is 1.75. The molecule has 1 aromatic heterocycles. The van der Waals surface area contributed by atoms with Gasteiger partial charge in [-0.25, -0.2) is 4.98 Å². The van der Waals surface area contributed by atoms with E-state index in [0.29, 0.717) is 31.6 Å². The molecule has 0 aliphatic carbocycles. The van der Waals surface area contributed by atoms with Crippen LogP contribution < -0.4 is 0 Å². The van der Waals surface area contributed by atoms with Crippen molar-refractivity contribution in [2.75, 3.05) is 33.7 Å². The number of H-pyrrole nitrogens is 1. The van der Waals surface area contributed by atoms with Crippen LogP contribution in [0.2, 0.25) is 0 Å². The summed E-state index contributed by atoms with van der Waals surface area (Å²) in [5.74, 6) is 0.693. The molecule has 1 saturated heterocycles. The first kappa shape index (κ1) is 15.7. The number of benzene rings is 1. The molecule has 1 amide bonds. The van der Waals surface area contributed by atoms with E-state index < -0.39 is 5.60 Å². The lowest BCUT2D eigenvalue weighted by atomic mass is 10.0. The Bertz CT molecular complexity index is 684. The van der Waals surface area contributed by atoms with Crippen molar-refractivity contribution < 1.29 is 9.90 Å². The number of nitrogens with zero attached hydrogens (tertiary/aromatic N) is 3. The molecular weight excluding hydrogens is 292 g/mol. The number of aromatic nitrogens is 2. The second-order valence-electron chi connectivity index (χ2n) is 6.46. The van der Waals surface area contributed by atoms with Crippen molar-refractivity contribution in [2.45, 2.75) is 12.0 Å². The van der Waals surface area contributed by atoms with Crippen molar-refractivity contribution in [3.05, 3.63) is 42.2 Å². The number of likely N-dealkylation sites (tertiary alicyclic amines) is 1. The van der Waals surface area contributed by atoms with Crippen LogP contribution >= 0.6 is 0 Å². The molecule has 0 unspecified atom stereocenters. The van der Waals surface area contributed by atoms with Crippen LogP contribution in [0.1, 0.15) is 16.8 Å². The number of imidazole rings is 1. The number of carbonyl (C=O) groups is 1. The molecule has 23 heavy (non-hydrogen) atoms. The number of carbonyl (C=O) groups excluding carboxylic acids is 1. The van der Waals surface area contributed by atoms with E-state index in [-0.39, 0.29) is 5.91 Å². The van der Waals surface area contributed by atoms with E-state index >= 15 is 0 Å². The first-order valence-corrected chi connectivity index (χ1v) is 7.73. The maximum absolute atomic E-state index is 12.7. The molecule has 2 N–H and O–H groups in total. The zero-order valence-corrected chi connectivity index (χ0v) is 13.5. The maximum atomic E-state index is 12.7. The standard InChI is InChI=1S/C17H22N4O2/c1-20(2)11-17(23)6-9-21(12-17)16(22)14-5-3-4-13(10-14)15-18-7-8-19-15/h3-5,7-8,10,23H,6,9,11-12H2,1-2H3,(H,18,19)/t17-/m0/s1. The predicted molar refractivity (Wildman–Crippen MR) is 88.0 cm³/mol. The molecule has 122 valence electrons. The van der Waals surface area contributed by atoms with Crippen LogP contribution in [0.3, 0.4) is 0 Å². The second kappa shape index (κ2) is 6.14. The predicted octanol–water partition coefficient (Wildman–Crippen LogP) is 1.22. The van der Waals surface area contributed by atoms with Crippen LogP contribution in [-0.2, 0) is 0 Å². The average molecular weight is 314 g/mol. The summed E-state index contributed by atoms with van der Waals surface area (Å²) in [6.45, 7) is 1.51. The molecule has 1 aromatic carbocycles. The van der Waals surface area contributed by atoms with Crippen molar-refractivity contribution in [3.63, 3.8) is 0 Å². The Hall–Kier alpha value is -2.18. The Morgan fingerprint density at radius 2 is 2.30 bits per heavy atom. The highest BCUT2D eigenvalue weighted by Crippen LogP contribution is 2.24. The number of β-amino-alcohol motifs (C(OH)–C–C–N with tert-alkyl or cyclic N) is 1. The molecule has 6 heteroatoms. The summed E-state index contributed by atoms with van der Waals surface area (Å²) < 4.78 is 0. The third-order valence-corrected chi connectivity index (χ3v) is 4.11. The summed E-state index contributed by atoms with van der Waals surface area (Å²) in [6.07, 6.45) is 4.05. The summed E-state index contributed by atoms with van der Waals surface area (Å²) in [6, 6.07) is 7.41. The summed E-state index contributed by atoms with van der Waals surface area (Å²) in [5, 5.41) is 10.6. The fourth-order valence-corrected chi connectivity index (χ4v) is 3.15. The lowest BCUT2D eigenvalue weighted by molar-refractivity contribution is 0.0236. The number of hydrogen-bond acceptors (Lipinski definition) is 4.